The molecule has 23 heavy (non-hydrogen) atoms. The molecule has 2 saturated carbocycles. The van der Waals surface area contributed by atoms with Gasteiger partial charge in [0.2, 0.25) is 0 Å². The summed E-state index contributed by atoms with van der Waals surface area (Å²) in [4.78, 5) is 2.83. The fourth-order valence-corrected chi connectivity index (χ4v) is 5.36. The van der Waals surface area contributed by atoms with Gasteiger partial charge < -0.3 is 9.64 Å². The smallest absolute Gasteiger partial charge is 0.122 e. The second-order valence-electron chi connectivity index (χ2n) is 7.94. The van der Waals surface area contributed by atoms with Gasteiger partial charge in [0.05, 0.1) is 6.61 Å². The van der Waals surface area contributed by atoms with Crippen molar-refractivity contribution in [2.24, 2.45) is 11.8 Å². The van der Waals surface area contributed by atoms with Crippen LogP contribution in [-0.2, 0) is 0 Å². The van der Waals surface area contributed by atoms with Crippen LogP contribution >= 0.6 is 0 Å². The van der Waals surface area contributed by atoms with Crippen molar-refractivity contribution in [2.75, 3.05) is 19.7 Å². The highest BCUT2D eigenvalue weighted by atomic mass is 16.5. The Morgan fingerprint density at radius 1 is 1.04 bits per heavy atom. The Labute approximate surface area is 141 Å². The van der Waals surface area contributed by atoms with Gasteiger partial charge in [0.15, 0.2) is 0 Å². The maximum absolute atomic E-state index is 5.99. The summed E-state index contributed by atoms with van der Waals surface area (Å²) in [5, 5.41) is 0. The molecular formula is C21H31NO. The van der Waals surface area contributed by atoms with Crippen LogP contribution in [0.25, 0.3) is 0 Å². The second kappa shape index (κ2) is 6.84. The number of para-hydroxylation sites is 1. The summed E-state index contributed by atoms with van der Waals surface area (Å²) in [6.45, 7) is 5.60. The fraction of sp³-hybridized carbons (Fsp3) is 0.714. The van der Waals surface area contributed by atoms with Crippen molar-refractivity contribution in [1.82, 2.24) is 4.90 Å². The number of benzene rings is 1. The van der Waals surface area contributed by atoms with Crippen LogP contribution in [0, 0.1) is 11.8 Å². The van der Waals surface area contributed by atoms with E-state index in [1.54, 1.807) is 0 Å². The molecule has 0 amide bonds. The number of fused-ring (bicyclic) bond motifs is 2. The minimum Gasteiger partial charge on any atom is -0.493 e. The van der Waals surface area contributed by atoms with E-state index >= 15 is 0 Å². The molecule has 0 unspecified atom stereocenters. The summed E-state index contributed by atoms with van der Waals surface area (Å²) >= 11 is 0. The van der Waals surface area contributed by atoms with Crippen molar-refractivity contribution < 1.29 is 4.74 Å². The average molecular weight is 313 g/mol. The predicted molar refractivity (Wildman–Crippen MR) is 95.0 cm³/mol. The van der Waals surface area contributed by atoms with E-state index in [1.807, 2.05) is 0 Å². The topological polar surface area (TPSA) is 12.5 Å². The molecule has 0 aromatic heterocycles. The van der Waals surface area contributed by atoms with Gasteiger partial charge in [0.25, 0.3) is 0 Å². The van der Waals surface area contributed by atoms with E-state index < -0.39 is 0 Å². The number of likely N-dealkylation sites (tertiary alicyclic amines) is 1. The minimum atomic E-state index is 0.692. The summed E-state index contributed by atoms with van der Waals surface area (Å²) in [6.07, 6.45) is 9.73. The van der Waals surface area contributed by atoms with Gasteiger partial charge in [-0.2, -0.15) is 0 Å². The lowest BCUT2D eigenvalue weighted by molar-refractivity contribution is 0.110. The first-order valence-electron chi connectivity index (χ1n) is 9.81. The molecule has 1 aliphatic heterocycles. The third-order valence-electron chi connectivity index (χ3n) is 6.52. The van der Waals surface area contributed by atoms with E-state index in [4.69, 9.17) is 4.74 Å². The summed E-state index contributed by atoms with van der Waals surface area (Å²) in [6, 6.07) is 9.66. The first-order chi connectivity index (χ1) is 11.3. The van der Waals surface area contributed by atoms with Crippen LogP contribution in [0.1, 0.15) is 63.4 Å². The van der Waals surface area contributed by atoms with Crippen molar-refractivity contribution in [3.8, 4) is 5.75 Å². The normalized spacial score (nSPS) is 31.6. The van der Waals surface area contributed by atoms with Gasteiger partial charge in [0, 0.05) is 6.04 Å². The lowest BCUT2D eigenvalue weighted by atomic mass is 9.86. The number of hydrogen-bond donors (Lipinski definition) is 0. The maximum atomic E-state index is 5.99. The van der Waals surface area contributed by atoms with E-state index in [9.17, 15) is 0 Å². The molecule has 2 bridgehead atoms. The molecular weight excluding hydrogens is 282 g/mol. The van der Waals surface area contributed by atoms with Crippen LogP contribution in [0.2, 0.25) is 0 Å². The fourth-order valence-electron chi connectivity index (χ4n) is 5.36. The van der Waals surface area contributed by atoms with E-state index in [1.165, 1.54) is 57.2 Å². The second-order valence-corrected chi connectivity index (χ2v) is 7.94. The molecule has 1 aromatic rings. The highest BCUT2D eigenvalue weighted by Gasteiger charge is 2.42. The molecule has 2 heteroatoms. The van der Waals surface area contributed by atoms with Gasteiger partial charge in [-0.1, -0.05) is 31.5 Å². The van der Waals surface area contributed by atoms with Crippen LogP contribution in [0.4, 0.5) is 0 Å². The highest BCUT2D eigenvalue weighted by Crippen LogP contribution is 2.47. The molecule has 126 valence electrons. The SMILES string of the molecule is CCCOc1ccccc1C1CCN([C@H]2C[C@H]3CC[C@H]2C3)CC1. The van der Waals surface area contributed by atoms with E-state index in [0.717, 1.165) is 36.7 Å². The zero-order chi connectivity index (χ0) is 15.6. The van der Waals surface area contributed by atoms with Gasteiger partial charge in [-0.3, -0.25) is 0 Å². The van der Waals surface area contributed by atoms with Crippen molar-refractivity contribution >= 4 is 0 Å². The van der Waals surface area contributed by atoms with Crippen molar-refractivity contribution in [3.63, 3.8) is 0 Å². The lowest BCUT2D eigenvalue weighted by Crippen LogP contribution is -2.43. The lowest BCUT2D eigenvalue weighted by Gasteiger charge is -2.40. The molecule has 1 heterocycles. The molecule has 0 radical (unpaired) electrons. The van der Waals surface area contributed by atoms with Crippen LogP contribution in [-0.4, -0.2) is 30.6 Å². The zero-order valence-corrected chi connectivity index (χ0v) is 14.5. The Hall–Kier alpha value is -1.02. The van der Waals surface area contributed by atoms with Gasteiger partial charge in [-0.25, -0.2) is 0 Å². The van der Waals surface area contributed by atoms with Crippen LogP contribution in [0.5, 0.6) is 5.75 Å². The zero-order valence-electron chi connectivity index (χ0n) is 14.5. The number of hydrogen-bond acceptors (Lipinski definition) is 2. The third kappa shape index (κ3) is 3.15. The van der Waals surface area contributed by atoms with E-state index in [-0.39, 0.29) is 0 Å². The van der Waals surface area contributed by atoms with Crippen LogP contribution in [0.3, 0.4) is 0 Å². The Balaban J connectivity index is 1.38. The van der Waals surface area contributed by atoms with Crippen molar-refractivity contribution in [3.05, 3.63) is 29.8 Å². The molecule has 0 spiro atoms. The standard InChI is InChI=1S/C21H31NO/c1-2-13-23-21-6-4-3-5-19(21)17-9-11-22(12-10-17)20-15-16-7-8-18(20)14-16/h3-6,16-18,20H,2,7-15H2,1H3/t16-,18-,20-/m0/s1. The molecule has 3 fully saturated rings. The first kappa shape index (κ1) is 15.5. The summed E-state index contributed by atoms with van der Waals surface area (Å²) < 4.78 is 5.99. The van der Waals surface area contributed by atoms with Crippen molar-refractivity contribution in [1.29, 1.82) is 0 Å². The minimum absolute atomic E-state index is 0.692. The number of nitrogens with zero attached hydrogens (tertiary/aromatic N) is 1. The predicted octanol–water partition coefficient (Wildman–Crippen LogP) is 4.84. The Kier molecular flexibility index (Phi) is 4.61. The molecule has 4 rings (SSSR count). The van der Waals surface area contributed by atoms with Gasteiger partial charge in [-0.05, 0) is 81.0 Å². The Bertz CT molecular complexity index is 520. The van der Waals surface area contributed by atoms with Gasteiger partial charge >= 0.3 is 0 Å². The van der Waals surface area contributed by atoms with E-state index in [0.29, 0.717) is 5.92 Å². The number of piperidine rings is 1. The van der Waals surface area contributed by atoms with Crippen molar-refractivity contribution in [2.45, 2.75) is 63.8 Å². The summed E-state index contributed by atoms with van der Waals surface area (Å²) in [7, 11) is 0. The Morgan fingerprint density at radius 2 is 1.87 bits per heavy atom. The van der Waals surface area contributed by atoms with E-state index in [2.05, 4.69) is 36.1 Å². The first-order valence-corrected chi connectivity index (χ1v) is 9.81. The molecule has 1 saturated heterocycles. The highest BCUT2D eigenvalue weighted by molar-refractivity contribution is 5.36. The molecule has 3 atom stereocenters. The molecule has 2 nitrogen and oxygen atoms in total. The molecule has 2 aliphatic carbocycles. The molecule has 0 N–H and O–H groups in total. The van der Waals surface area contributed by atoms with Crippen LogP contribution in [0.15, 0.2) is 24.3 Å². The molecule has 3 aliphatic rings. The van der Waals surface area contributed by atoms with Crippen LogP contribution < -0.4 is 4.74 Å². The van der Waals surface area contributed by atoms with Gasteiger partial charge in [0.1, 0.15) is 5.75 Å². The monoisotopic (exact) mass is 313 g/mol. The summed E-state index contributed by atoms with van der Waals surface area (Å²) in [5.74, 6) is 3.91. The number of ether oxygens (including phenoxy) is 1. The Morgan fingerprint density at radius 3 is 2.57 bits per heavy atom. The number of rotatable bonds is 5. The maximum Gasteiger partial charge on any atom is 0.122 e. The largest absolute Gasteiger partial charge is 0.493 e. The molecule has 1 aromatic carbocycles. The summed E-state index contributed by atoms with van der Waals surface area (Å²) in [5.41, 5.74) is 1.45. The average Bonchev–Trinajstić information content (AvgIpc) is 3.24. The third-order valence-corrected chi connectivity index (χ3v) is 6.52. The quantitative estimate of drug-likeness (QED) is 0.771. The van der Waals surface area contributed by atoms with Gasteiger partial charge in [-0.15, -0.1) is 0 Å².